The predicted molar refractivity (Wildman–Crippen MR) is 57.0 cm³/mol. The molecule has 0 aromatic carbocycles. The lowest BCUT2D eigenvalue weighted by atomic mass is 9.86. The van der Waals surface area contributed by atoms with Crippen LogP contribution in [0.3, 0.4) is 0 Å². The average molecular weight is 193 g/mol. The van der Waals surface area contributed by atoms with E-state index in [9.17, 15) is 0 Å². The molecule has 3 nitrogen and oxygen atoms in total. The summed E-state index contributed by atoms with van der Waals surface area (Å²) < 4.78 is 2.31. The van der Waals surface area contributed by atoms with Crippen molar-refractivity contribution in [1.29, 1.82) is 0 Å². The molecule has 0 amide bonds. The summed E-state index contributed by atoms with van der Waals surface area (Å²) in [4.78, 5) is 4.27. The fraction of sp³-hybridized carbons (Fsp3) is 0.727. The molecular weight excluding hydrogens is 174 g/mol. The lowest BCUT2D eigenvalue weighted by molar-refractivity contribution is 0.277. The smallest absolute Gasteiger partial charge is 0.105 e. The molecule has 0 spiro atoms. The molecule has 1 aliphatic carbocycles. The van der Waals surface area contributed by atoms with Crippen molar-refractivity contribution in [1.82, 2.24) is 9.55 Å². The molecule has 1 aromatic rings. The number of aryl methyl sites for hydroxylation is 1. The zero-order valence-electron chi connectivity index (χ0n) is 8.82. The number of aromatic nitrogens is 2. The number of imidazole rings is 1. The van der Waals surface area contributed by atoms with Crippen molar-refractivity contribution in [2.24, 2.45) is 11.7 Å². The van der Waals surface area contributed by atoms with Gasteiger partial charge in [0.1, 0.15) is 5.82 Å². The molecular formula is C11H19N3. The van der Waals surface area contributed by atoms with Crippen molar-refractivity contribution in [3.63, 3.8) is 0 Å². The molecule has 0 aliphatic heterocycles. The van der Waals surface area contributed by atoms with Crippen LogP contribution in [-0.2, 0) is 0 Å². The SMILES string of the molecule is Cc1nccn1C1CCC(CN)CC1. The summed E-state index contributed by atoms with van der Waals surface area (Å²) in [6.07, 6.45) is 9.07. The molecule has 1 heterocycles. The third kappa shape index (κ3) is 1.82. The minimum Gasteiger partial charge on any atom is -0.332 e. The van der Waals surface area contributed by atoms with Crippen molar-refractivity contribution in [3.05, 3.63) is 18.2 Å². The van der Waals surface area contributed by atoms with Crippen molar-refractivity contribution < 1.29 is 0 Å². The Bertz CT molecular complexity index is 284. The Kier molecular flexibility index (Phi) is 2.87. The minimum absolute atomic E-state index is 0.667. The van der Waals surface area contributed by atoms with Gasteiger partial charge in [0.15, 0.2) is 0 Å². The molecule has 0 atom stereocenters. The van der Waals surface area contributed by atoms with Crippen molar-refractivity contribution in [2.75, 3.05) is 6.54 Å². The molecule has 78 valence electrons. The topological polar surface area (TPSA) is 43.8 Å². The van der Waals surface area contributed by atoms with Gasteiger partial charge in [-0.3, -0.25) is 0 Å². The van der Waals surface area contributed by atoms with E-state index in [1.165, 1.54) is 25.7 Å². The number of hydrogen-bond acceptors (Lipinski definition) is 2. The molecule has 0 saturated heterocycles. The van der Waals surface area contributed by atoms with E-state index < -0.39 is 0 Å². The first kappa shape index (κ1) is 9.71. The van der Waals surface area contributed by atoms with E-state index in [0.717, 1.165) is 18.3 Å². The first-order valence-electron chi connectivity index (χ1n) is 5.50. The van der Waals surface area contributed by atoms with Crippen molar-refractivity contribution >= 4 is 0 Å². The van der Waals surface area contributed by atoms with Gasteiger partial charge < -0.3 is 10.3 Å². The molecule has 1 fully saturated rings. The van der Waals surface area contributed by atoms with Gasteiger partial charge in [-0.1, -0.05) is 0 Å². The summed E-state index contributed by atoms with van der Waals surface area (Å²) in [6.45, 7) is 2.94. The van der Waals surface area contributed by atoms with Gasteiger partial charge in [-0.25, -0.2) is 4.98 Å². The monoisotopic (exact) mass is 193 g/mol. The highest BCUT2D eigenvalue weighted by Crippen LogP contribution is 2.31. The Morgan fingerprint density at radius 1 is 1.43 bits per heavy atom. The van der Waals surface area contributed by atoms with E-state index in [0.29, 0.717) is 6.04 Å². The van der Waals surface area contributed by atoms with E-state index in [-0.39, 0.29) is 0 Å². The fourth-order valence-electron chi connectivity index (χ4n) is 2.43. The number of rotatable bonds is 2. The van der Waals surface area contributed by atoms with Crippen LogP contribution in [0.15, 0.2) is 12.4 Å². The molecule has 0 bridgehead atoms. The maximum absolute atomic E-state index is 5.68. The molecule has 1 aliphatic rings. The summed E-state index contributed by atoms with van der Waals surface area (Å²) in [6, 6.07) is 0.667. The van der Waals surface area contributed by atoms with E-state index in [2.05, 4.69) is 22.7 Å². The first-order chi connectivity index (χ1) is 6.81. The zero-order valence-corrected chi connectivity index (χ0v) is 8.82. The van der Waals surface area contributed by atoms with Gasteiger partial charge in [0.25, 0.3) is 0 Å². The van der Waals surface area contributed by atoms with Crippen LogP contribution in [-0.4, -0.2) is 16.1 Å². The van der Waals surface area contributed by atoms with Crippen LogP contribution in [0.25, 0.3) is 0 Å². The number of hydrogen-bond donors (Lipinski definition) is 1. The third-order valence-electron chi connectivity index (χ3n) is 3.41. The second kappa shape index (κ2) is 4.13. The van der Waals surface area contributed by atoms with Gasteiger partial charge in [0.05, 0.1) is 0 Å². The standard InChI is InChI=1S/C11H19N3/c1-9-13-6-7-14(9)11-4-2-10(8-12)3-5-11/h6-7,10-11H,2-5,8,12H2,1H3. The van der Waals surface area contributed by atoms with E-state index >= 15 is 0 Å². The number of nitrogens with two attached hydrogens (primary N) is 1. The summed E-state index contributed by atoms with van der Waals surface area (Å²) in [5.74, 6) is 1.90. The molecule has 0 unspecified atom stereocenters. The Balaban J connectivity index is 1.99. The van der Waals surface area contributed by atoms with Crippen LogP contribution in [0.2, 0.25) is 0 Å². The molecule has 1 saturated carbocycles. The molecule has 3 heteroatoms. The van der Waals surface area contributed by atoms with Gasteiger partial charge >= 0.3 is 0 Å². The normalized spacial score (nSPS) is 27.9. The van der Waals surface area contributed by atoms with Gasteiger partial charge in [-0.2, -0.15) is 0 Å². The van der Waals surface area contributed by atoms with Gasteiger partial charge in [-0.15, -0.1) is 0 Å². The maximum atomic E-state index is 5.68. The summed E-state index contributed by atoms with van der Waals surface area (Å²) >= 11 is 0. The minimum atomic E-state index is 0.667. The van der Waals surface area contributed by atoms with Crippen molar-refractivity contribution in [3.8, 4) is 0 Å². The highest BCUT2D eigenvalue weighted by Gasteiger charge is 2.21. The summed E-state index contributed by atoms with van der Waals surface area (Å²) in [7, 11) is 0. The summed E-state index contributed by atoms with van der Waals surface area (Å²) in [5.41, 5.74) is 5.68. The average Bonchev–Trinajstić information content (AvgIpc) is 2.65. The van der Waals surface area contributed by atoms with Crippen LogP contribution >= 0.6 is 0 Å². The van der Waals surface area contributed by atoms with E-state index in [1.54, 1.807) is 0 Å². The predicted octanol–water partition coefficient (Wildman–Crippen LogP) is 1.88. The lowest BCUT2D eigenvalue weighted by Gasteiger charge is -2.29. The van der Waals surface area contributed by atoms with Crippen LogP contribution in [0.1, 0.15) is 37.5 Å². The van der Waals surface area contributed by atoms with Gasteiger partial charge in [-0.05, 0) is 45.1 Å². The first-order valence-corrected chi connectivity index (χ1v) is 5.50. The van der Waals surface area contributed by atoms with E-state index in [1.807, 2.05) is 6.20 Å². The molecule has 14 heavy (non-hydrogen) atoms. The van der Waals surface area contributed by atoms with Crippen LogP contribution < -0.4 is 5.73 Å². The Morgan fingerprint density at radius 2 is 2.14 bits per heavy atom. The maximum Gasteiger partial charge on any atom is 0.105 e. The van der Waals surface area contributed by atoms with Crippen LogP contribution in [0, 0.1) is 12.8 Å². The third-order valence-corrected chi connectivity index (χ3v) is 3.41. The second-order valence-electron chi connectivity index (χ2n) is 4.29. The Morgan fingerprint density at radius 3 is 2.64 bits per heavy atom. The van der Waals surface area contributed by atoms with Gasteiger partial charge in [0, 0.05) is 18.4 Å². The molecule has 0 radical (unpaired) electrons. The largest absolute Gasteiger partial charge is 0.332 e. The highest BCUT2D eigenvalue weighted by molar-refractivity contribution is 4.93. The highest BCUT2D eigenvalue weighted by atomic mass is 15.1. The van der Waals surface area contributed by atoms with Crippen LogP contribution in [0.4, 0.5) is 0 Å². The van der Waals surface area contributed by atoms with Gasteiger partial charge in [0.2, 0.25) is 0 Å². The Hall–Kier alpha value is -0.830. The Labute approximate surface area is 85.3 Å². The summed E-state index contributed by atoms with van der Waals surface area (Å²) in [5, 5.41) is 0. The lowest BCUT2D eigenvalue weighted by Crippen LogP contribution is -2.23. The second-order valence-corrected chi connectivity index (χ2v) is 4.29. The zero-order chi connectivity index (χ0) is 9.97. The quantitative estimate of drug-likeness (QED) is 0.779. The van der Waals surface area contributed by atoms with Crippen LogP contribution in [0.5, 0.6) is 0 Å². The van der Waals surface area contributed by atoms with Crippen molar-refractivity contribution in [2.45, 2.75) is 38.6 Å². The molecule has 1 aromatic heterocycles. The fourth-order valence-corrected chi connectivity index (χ4v) is 2.43. The molecule has 2 rings (SSSR count). The van der Waals surface area contributed by atoms with E-state index in [4.69, 9.17) is 5.73 Å². The number of nitrogens with zero attached hydrogens (tertiary/aromatic N) is 2. The molecule has 2 N–H and O–H groups in total.